The van der Waals surface area contributed by atoms with E-state index >= 15 is 0 Å². The molecule has 9 heteroatoms. The molecule has 0 spiro atoms. The molecule has 1 aliphatic carbocycles. The topological polar surface area (TPSA) is 106 Å². The van der Waals surface area contributed by atoms with Gasteiger partial charge in [-0.3, -0.25) is 10.2 Å². The molecular formula is C18H23F2N5O2. The summed E-state index contributed by atoms with van der Waals surface area (Å²) in [5.74, 6) is 11.1. The quantitative estimate of drug-likeness (QED) is 0.295. The number of nitrogens with two attached hydrogens (primary N) is 2. The van der Waals surface area contributed by atoms with Gasteiger partial charge in [0.1, 0.15) is 6.61 Å². The molecule has 0 bridgehead atoms. The number of anilines is 1. The normalized spacial score (nSPS) is 12.8. The smallest absolute Gasteiger partial charge is 0.264 e. The van der Waals surface area contributed by atoms with Crippen molar-refractivity contribution in [3.8, 4) is 5.88 Å². The molecule has 146 valence electrons. The lowest BCUT2D eigenvalue weighted by Gasteiger charge is -2.20. The Morgan fingerprint density at radius 2 is 2.00 bits per heavy atom. The molecule has 7 nitrogen and oxygen atoms in total. The predicted molar refractivity (Wildman–Crippen MR) is 97.9 cm³/mol. The molecule has 0 radical (unpaired) electrons. The zero-order chi connectivity index (χ0) is 19.8. The number of hydrogen-bond donors (Lipinski definition) is 3. The molecule has 1 amide bonds. The number of alkyl halides is 2. The maximum atomic E-state index is 13.2. The number of nitrogens with one attached hydrogen (secondary N) is 1. The molecule has 5 N–H and O–H groups in total. The molecule has 1 saturated carbocycles. The van der Waals surface area contributed by atoms with Gasteiger partial charge in [-0.25, -0.2) is 25.5 Å². The maximum Gasteiger partial charge on any atom is 0.264 e. The van der Waals surface area contributed by atoms with Crippen molar-refractivity contribution in [2.75, 3.05) is 12.1 Å². The monoisotopic (exact) mass is 379 g/mol. The van der Waals surface area contributed by atoms with Crippen molar-refractivity contribution < 1.29 is 18.3 Å². The summed E-state index contributed by atoms with van der Waals surface area (Å²) >= 11 is 0. The average molecular weight is 379 g/mol. The molecule has 0 unspecified atom stereocenters. The third kappa shape index (κ3) is 5.87. The van der Waals surface area contributed by atoms with Crippen LogP contribution >= 0.6 is 0 Å². The summed E-state index contributed by atoms with van der Waals surface area (Å²) in [7, 11) is 1.61. The highest BCUT2D eigenvalue weighted by Gasteiger charge is 2.25. The van der Waals surface area contributed by atoms with Crippen molar-refractivity contribution in [1.82, 2.24) is 10.4 Å². The molecule has 1 aromatic heterocycles. The van der Waals surface area contributed by atoms with Crippen molar-refractivity contribution in [2.24, 2.45) is 11.7 Å². The van der Waals surface area contributed by atoms with E-state index in [-0.39, 0.29) is 12.2 Å². The zero-order valence-electron chi connectivity index (χ0n) is 14.9. The van der Waals surface area contributed by atoms with Gasteiger partial charge >= 0.3 is 0 Å². The number of pyridine rings is 1. The number of halogens is 2. The minimum absolute atomic E-state index is 0.00148. The summed E-state index contributed by atoms with van der Waals surface area (Å²) in [6.45, 7) is -0.00148. The van der Waals surface area contributed by atoms with Gasteiger partial charge in [-0.2, -0.15) is 0 Å². The van der Waals surface area contributed by atoms with Crippen LogP contribution in [0.3, 0.4) is 0 Å². The van der Waals surface area contributed by atoms with E-state index in [0.29, 0.717) is 29.5 Å². The largest absolute Gasteiger partial charge is 0.473 e. The first kappa shape index (κ1) is 20.5. The SMILES string of the molecule is CN(N)c1cccc(C(F)F)c1COc1cccc(C2CC2)n1.NNC=O. The number of rotatable bonds is 7. The van der Waals surface area contributed by atoms with E-state index in [2.05, 4.69) is 10.8 Å². The number of nitrogens with zero attached hydrogens (tertiary/aromatic N) is 2. The van der Waals surface area contributed by atoms with Crippen LogP contribution in [0.5, 0.6) is 5.88 Å². The summed E-state index contributed by atoms with van der Waals surface area (Å²) in [5, 5.41) is 1.32. The van der Waals surface area contributed by atoms with Gasteiger partial charge in [-0.05, 0) is 25.0 Å². The molecule has 1 heterocycles. The van der Waals surface area contributed by atoms with Crippen LogP contribution in [0.25, 0.3) is 0 Å². The lowest BCUT2D eigenvalue weighted by molar-refractivity contribution is -0.109. The predicted octanol–water partition coefficient (Wildman–Crippen LogP) is 2.39. The molecule has 0 atom stereocenters. The summed E-state index contributed by atoms with van der Waals surface area (Å²) in [6.07, 6.45) is 0.110. The van der Waals surface area contributed by atoms with E-state index in [0.717, 1.165) is 18.5 Å². The fourth-order valence-electron chi connectivity index (χ4n) is 2.55. The highest BCUT2D eigenvalue weighted by Crippen LogP contribution is 2.39. The number of hydrogen-bond acceptors (Lipinski definition) is 6. The molecule has 0 saturated heterocycles. The number of benzene rings is 1. The highest BCUT2D eigenvalue weighted by atomic mass is 19.3. The number of carbonyl (C=O) groups excluding carboxylic acids is 1. The van der Waals surface area contributed by atoms with Gasteiger partial charge in [0.05, 0.1) is 5.69 Å². The average Bonchev–Trinajstić information content (AvgIpc) is 3.51. The highest BCUT2D eigenvalue weighted by molar-refractivity contribution is 5.55. The molecular weight excluding hydrogens is 356 g/mol. The first-order chi connectivity index (χ1) is 13.0. The molecule has 1 aromatic carbocycles. The number of ether oxygens (including phenoxy) is 1. The van der Waals surface area contributed by atoms with Gasteiger partial charge in [0, 0.05) is 35.9 Å². The lowest BCUT2D eigenvalue weighted by Crippen LogP contribution is -2.27. The van der Waals surface area contributed by atoms with E-state index in [1.807, 2.05) is 12.1 Å². The van der Waals surface area contributed by atoms with Crippen molar-refractivity contribution >= 4 is 12.1 Å². The van der Waals surface area contributed by atoms with Gasteiger partial charge in [-0.1, -0.05) is 18.2 Å². The summed E-state index contributed by atoms with van der Waals surface area (Å²) in [6, 6.07) is 10.2. The van der Waals surface area contributed by atoms with E-state index in [4.69, 9.17) is 15.4 Å². The second-order valence-electron chi connectivity index (χ2n) is 6.00. The van der Waals surface area contributed by atoms with Crippen LogP contribution in [0.4, 0.5) is 14.5 Å². The fourth-order valence-corrected chi connectivity index (χ4v) is 2.55. The summed E-state index contributed by atoms with van der Waals surface area (Å²) in [4.78, 5) is 13.4. The fraction of sp³-hybridized carbons (Fsp3) is 0.333. The van der Waals surface area contributed by atoms with Crippen molar-refractivity contribution in [3.63, 3.8) is 0 Å². The minimum atomic E-state index is -2.58. The second-order valence-corrected chi connectivity index (χ2v) is 6.00. The minimum Gasteiger partial charge on any atom is -0.473 e. The van der Waals surface area contributed by atoms with E-state index < -0.39 is 6.43 Å². The molecule has 2 aromatic rings. The number of hydrazine groups is 2. The standard InChI is InChI=1S/C17H19F2N3O.CH4N2O/c1-22(20)15-6-2-4-12(17(18)19)13(15)10-23-16-7-3-5-14(21-16)11-8-9-11;2-3-1-4/h2-7,11,17H,8-10,20H2,1H3;1H,2H2,(H,3,4). The van der Waals surface area contributed by atoms with Crippen molar-refractivity contribution in [3.05, 3.63) is 53.2 Å². The Labute approximate surface area is 156 Å². The lowest BCUT2D eigenvalue weighted by atomic mass is 10.1. The van der Waals surface area contributed by atoms with E-state index in [9.17, 15) is 8.78 Å². The van der Waals surface area contributed by atoms with Crippen LogP contribution in [0.1, 0.15) is 42.0 Å². The zero-order valence-corrected chi connectivity index (χ0v) is 14.9. The van der Waals surface area contributed by atoms with Gasteiger partial charge in [0.2, 0.25) is 12.3 Å². The van der Waals surface area contributed by atoms with Crippen LogP contribution in [-0.2, 0) is 11.4 Å². The number of aromatic nitrogens is 1. The van der Waals surface area contributed by atoms with Gasteiger partial charge < -0.3 is 9.75 Å². The van der Waals surface area contributed by atoms with Gasteiger partial charge in [-0.15, -0.1) is 0 Å². The Kier molecular flexibility index (Phi) is 7.44. The number of amides is 1. The van der Waals surface area contributed by atoms with Crippen molar-refractivity contribution in [2.45, 2.75) is 31.8 Å². The van der Waals surface area contributed by atoms with Crippen molar-refractivity contribution in [1.29, 1.82) is 0 Å². The molecule has 1 fully saturated rings. The van der Waals surface area contributed by atoms with Crippen LogP contribution < -0.4 is 26.9 Å². The molecule has 3 rings (SSSR count). The summed E-state index contributed by atoms with van der Waals surface area (Å²) < 4.78 is 32.2. The summed E-state index contributed by atoms with van der Waals surface area (Å²) in [5.41, 5.74) is 3.58. The second kappa shape index (κ2) is 9.79. The van der Waals surface area contributed by atoms with E-state index in [1.165, 1.54) is 11.1 Å². The van der Waals surface area contributed by atoms with Crippen LogP contribution in [-0.4, -0.2) is 18.4 Å². The maximum absolute atomic E-state index is 13.2. The number of carbonyl (C=O) groups is 1. The van der Waals surface area contributed by atoms with Gasteiger partial charge in [0.15, 0.2) is 0 Å². The van der Waals surface area contributed by atoms with Gasteiger partial charge in [0.25, 0.3) is 6.43 Å². The molecule has 27 heavy (non-hydrogen) atoms. The first-order valence-electron chi connectivity index (χ1n) is 8.35. The van der Waals surface area contributed by atoms with Crippen LogP contribution in [0.15, 0.2) is 36.4 Å². The first-order valence-corrected chi connectivity index (χ1v) is 8.35. The Balaban J connectivity index is 0.000000596. The van der Waals surface area contributed by atoms with Crippen LogP contribution in [0, 0.1) is 0 Å². The third-order valence-electron chi connectivity index (χ3n) is 3.98. The Morgan fingerprint density at radius 3 is 2.56 bits per heavy atom. The Morgan fingerprint density at radius 1 is 1.33 bits per heavy atom. The van der Waals surface area contributed by atoms with Crippen LogP contribution in [0.2, 0.25) is 0 Å². The Bertz CT molecular complexity index is 728. The molecule has 1 aliphatic rings. The Hall–Kier alpha value is -2.78. The third-order valence-corrected chi connectivity index (χ3v) is 3.98. The van der Waals surface area contributed by atoms with E-state index in [1.54, 1.807) is 30.7 Å². The molecule has 0 aliphatic heterocycles.